The lowest BCUT2D eigenvalue weighted by molar-refractivity contribution is -0.125. The van der Waals surface area contributed by atoms with Crippen molar-refractivity contribution < 1.29 is 14.0 Å². The fourth-order valence-electron chi connectivity index (χ4n) is 5.71. The minimum absolute atomic E-state index is 0.00643. The molecule has 0 bridgehead atoms. The number of halogens is 1. The van der Waals surface area contributed by atoms with Crippen LogP contribution < -0.4 is 15.5 Å². The SMILES string of the molecule is C#CCN1C(=O)[C@@]2(C(C#N)=C(N)N(c3cccc(F)c3)C3=C2C(=O)CC(C)(C)C3)c2ccccc21. The van der Waals surface area contributed by atoms with Crippen molar-refractivity contribution in [2.75, 3.05) is 16.3 Å². The van der Waals surface area contributed by atoms with Gasteiger partial charge >= 0.3 is 0 Å². The van der Waals surface area contributed by atoms with Crippen LogP contribution >= 0.6 is 0 Å². The number of hydrogen-bond donors (Lipinski definition) is 1. The molecule has 7 heteroatoms. The summed E-state index contributed by atoms with van der Waals surface area (Å²) in [5, 5.41) is 10.4. The number of para-hydroxylation sites is 1. The lowest BCUT2D eigenvalue weighted by atomic mass is 9.60. The van der Waals surface area contributed by atoms with E-state index in [0.29, 0.717) is 29.1 Å². The lowest BCUT2D eigenvalue weighted by Gasteiger charge is -2.47. The van der Waals surface area contributed by atoms with Crippen LogP contribution in [0.3, 0.4) is 0 Å². The summed E-state index contributed by atoms with van der Waals surface area (Å²) < 4.78 is 14.3. The van der Waals surface area contributed by atoms with Crippen molar-refractivity contribution in [1.29, 1.82) is 5.26 Å². The van der Waals surface area contributed by atoms with Crippen LogP contribution in [0.1, 0.15) is 32.3 Å². The minimum Gasteiger partial charge on any atom is -0.384 e. The van der Waals surface area contributed by atoms with E-state index in [4.69, 9.17) is 12.2 Å². The number of nitriles is 1. The number of Topliss-reactive ketones (excluding diaryl/α,β-unsaturated/α-hetero) is 1. The van der Waals surface area contributed by atoms with Gasteiger partial charge in [-0.05, 0) is 36.1 Å². The van der Waals surface area contributed by atoms with Gasteiger partial charge in [0.1, 0.15) is 23.1 Å². The van der Waals surface area contributed by atoms with Crippen LogP contribution in [0.2, 0.25) is 0 Å². The van der Waals surface area contributed by atoms with E-state index in [1.165, 1.54) is 23.1 Å². The van der Waals surface area contributed by atoms with Crippen molar-refractivity contribution in [3.05, 3.63) is 82.6 Å². The highest BCUT2D eigenvalue weighted by Crippen LogP contribution is 2.58. The number of benzene rings is 2. The van der Waals surface area contributed by atoms with Gasteiger partial charge in [0.2, 0.25) is 5.91 Å². The van der Waals surface area contributed by atoms with Gasteiger partial charge in [-0.25, -0.2) is 4.39 Å². The number of fused-ring (bicyclic) bond motifs is 3. The van der Waals surface area contributed by atoms with E-state index in [1.54, 1.807) is 35.2 Å². The molecule has 0 unspecified atom stereocenters. The molecule has 5 rings (SSSR count). The van der Waals surface area contributed by atoms with E-state index in [9.17, 15) is 19.2 Å². The number of allylic oxidation sites excluding steroid dienone is 1. The Balaban J connectivity index is 1.92. The molecule has 0 fully saturated rings. The largest absolute Gasteiger partial charge is 0.384 e. The van der Waals surface area contributed by atoms with Crippen LogP contribution in [0.25, 0.3) is 0 Å². The van der Waals surface area contributed by atoms with Crippen molar-refractivity contribution >= 4 is 23.1 Å². The topological polar surface area (TPSA) is 90.4 Å². The summed E-state index contributed by atoms with van der Waals surface area (Å²) in [6.07, 6.45) is 6.17. The van der Waals surface area contributed by atoms with Crippen molar-refractivity contribution in [2.24, 2.45) is 11.1 Å². The predicted octanol–water partition coefficient (Wildman–Crippen LogP) is 3.90. The molecule has 2 aliphatic heterocycles. The molecule has 1 aliphatic carbocycles. The van der Waals surface area contributed by atoms with Crippen LogP contribution in [-0.2, 0) is 15.0 Å². The molecular formula is C28H23FN4O2. The molecule has 0 saturated heterocycles. The van der Waals surface area contributed by atoms with Crippen LogP contribution in [0.4, 0.5) is 15.8 Å². The number of carbonyl (C=O) groups excluding carboxylic acids is 2. The molecule has 2 heterocycles. The molecule has 0 radical (unpaired) electrons. The number of hydrogen-bond acceptors (Lipinski definition) is 5. The van der Waals surface area contributed by atoms with Crippen LogP contribution in [0.5, 0.6) is 0 Å². The van der Waals surface area contributed by atoms with Gasteiger partial charge in [-0.1, -0.05) is 44.0 Å². The number of anilines is 2. The standard InChI is InChI=1S/C28H23FN4O2/c1-4-12-32-21-11-6-5-10-19(21)28(26(32)35)20(16-30)25(31)33(18-9-7-8-17(29)13-18)22-14-27(2,3)15-23(34)24(22)28/h1,5-11,13H,12,14-15,31H2,2-3H3/t28-/m1/s1. The third-order valence-electron chi connectivity index (χ3n) is 6.96. The summed E-state index contributed by atoms with van der Waals surface area (Å²) >= 11 is 0. The van der Waals surface area contributed by atoms with Gasteiger partial charge < -0.3 is 5.73 Å². The highest BCUT2D eigenvalue weighted by molar-refractivity contribution is 6.21. The molecule has 174 valence electrons. The van der Waals surface area contributed by atoms with E-state index in [2.05, 4.69) is 12.0 Å². The molecule has 1 atom stereocenters. The average Bonchev–Trinajstić information content (AvgIpc) is 3.02. The van der Waals surface area contributed by atoms with Crippen LogP contribution in [0.15, 0.2) is 71.2 Å². The van der Waals surface area contributed by atoms with Gasteiger partial charge in [-0.15, -0.1) is 6.42 Å². The molecule has 0 aromatic heterocycles. The van der Waals surface area contributed by atoms with Gasteiger partial charge in [0.25, 0.3) is 0 Å². The quantitative estimate of drug-likeness (QED) is 0.678. The fourth-order valence-corrected chi connectivity index (χ4v) is 5.71. The number of ketones is 1. The molecule has 2 aromatic carbocycles. The molecular weight excluding hydrogens is 443 g/mol. The Hall–Kier alpha value is -4.36. The van der Waals surface area contributed by atoms with E-state index in [-0.39, 0.29) is 35.7 Å². The number of rotatable bonds is 2. The lowest BCUT2D eigenvalue weighted by Crippen LogP contribution is -2.53. The first-order chi connectivity index (χ1) is 16.7. The smallest absolute Gasteiger partial charge is 0.248 e. The third kappa shape index (κ3) is 2.95. The molecule has 1 spiro atoms. The summed E-state index contributed by atoms with van der Waals surface area (Å²) in [7, 11) is 0. The van der Waals surface area contributed by atoms with E-state index >= 15 is 0 Å². The number of carbonyl (C=O) groups is 2. The highest BCUT2D eigenvalue weighted by Gasteiger charge is 2.63. The summed E-state index contributed by atoms with van der Waals surface area (Å²) in [5.74, 6) is 1.29. The summed E-state index contributed by atoms with van der Waals surface area (Å²) in [5.41, 5.74) is 6.57. The first-order valence-corrected chi connectivity index (χ1v) is 11.2. The Labute approximate surface area is 203 Å². The second-order valence-electron chi connectivity index (χ2n) is 9.81. The van der Waals surface area contributed by atoms with Gasteiger partial charge in [0.15, 0.2) is 5.78 Å². The monoisotopic (exact) mass is 466 g/mol. The highest BCUT2D eigenvalue weighted by atomic mass is 19.1. The van der Waals surface area contributed by atoms with Crippen LogP contribution in [0, 0.1) is 34.9 Å². The molecule has 3 aliphatic rings. The van der Waals surface area contributed by atoms with Crippen molar-refractivity contribution in [1.82, 2.24) is 0 Å². The van der Waals surface area contributed by atoms with Gasteiger partial charge in [-0.2, -0.15) is 5.26 Å². The van der Waals surface area contributed by atoms with E-state index in [0.717, 1.165) is 0 Å². The third-order valence-corrected chi connectivity index (χ3v) is 6.96. The molecule has 6 nitrogen and oxygen atoms in total. The maximum Gasteiger partial charge on any atom is 0.248 e. The zero-order valence-electron chi connectivity index (χ0n) is 19.4. The molecule has 2 N–H and O–H groups in total. The second kappa shape index (κ2) is 7.58. The molecule has 2 aromatic rings. The average molecular weight is 467 g/mol. The van der Waals surface area contributed by atoms with Crippen LogP contribution in [-0.4, -0.2) is 18.2 Å². The summed E-state index contributed by atoms with van der Waals surface area (Å²) in [6, 6.07) is 15.0. The molecule has 0 saturated carbocycles. The number of terminal acetylenes is 1. The minimum atomic E-state index is -1.71. The maximum absolute atomic E-state index is 14.3. The van der Waals surface area contributed by atoms with E-state index < -0.39 is 22.6 Å². The van der Waals surface area contributed by atoms with Gasteiger partial charge in [0.05, 0.1) is 17.8 Å². The molecule has 35 heavy (non-hydrogen) atoms. The first-order valence-electron chi connectivity index (χ1n) is 11.2. The molecule has 1 amide bonds. The van der Waals surface area contributed by atoms with Crippen molar-refractivity contribution in [3.8, 4) is 18.4 Å². The first kappa shape index (κ1) is 22.4. The number of nitrogens with zero attached hydrogens (tertiary/aromatic N) is 3. The fraction of sp³-hybridized carbons (Fsp3) is 0.250. The predicted molar refractivity (Wildman–Crippen MR) is 130 cm³/mol. The normalized spacial score (nSPS) is 22.8. The zero-order valence-corrected chi connectivity index (χ0v) is 19.4. The zero-order chi connectivity index (χ0) is 25.1. The maximum atomic E-state index is 14.3. The Morgan fingerprint density at radius 2 is 1.89 bits per heavy atom. The second-order valence-corrected chi connectivity index (χ2v) is 9.81. The summed E-state index contributed by atoms with van der Waals surface area (Å²) in [4.78, 5) is 31.1. The van der Waals surface area contributed by atoms with Crippen molar-refractivity contribution in [2.45, 2.75) is 32.1 Å². The van der Waals surface area contributed by atoms with E-state index in [1.807, 2.05) is 13.8 Å². The Kier molecular flexibility index (Phi) is 4.86. The summed E-state index contributed by atoms with van der Waals surface area (Å²) in [6.45, 7) is 3.89. The Morgan fingerprint density at radius 3 is 2.57 bits per heavy atom. The van der Waals surface area contributed by atoms with Crippen molar-refractivity contribution in [3.63, 3.8) is 0 Å². The van der Waals surface area contributed by atoms with Gasteiger partial charge in [0, 0.05) is 28.9 Å². The number of nitrogens with two attached hydrogens (primary N) is 1. The Bertz CT molecular complexity index is 1460. The number of amides is 1. The Morgan fingerprint density at radius 1 is 1.14 bits per heavy atom. The van der Waals surface area contributed by atoms with Gasteiger partial charge in [-0.3, -0.25) is 19.4 Å².